The van der Waals surface area contributed by atoms with Crippen molar-refractivity contribution in [2.45, 2.75) is 18.9 Å². The van der Waals surface area contributed by atoms with E-state index in [0.717, 1.165) is 16.7 Å². The Balaban J connectivity index is 2.03. The lowest BCUT2D eigenvalue weighted by Gasteiger charge is -2.11. The molecule has 1 aliphatic rings. The van der Waals surface area contributed by atoms with Crippen LogP contribution >= 0.6 is 0 Å². The largest absolute Gasteiger partial charge is 0.459 e. The highest BCUT2D eigenvalue weighted by Gasteiger charge is 2.33. The Bertz CT molecular complexity index is 516. The van der Waals surface area contributed by atoms with Gasteiger partial charge in [-0.15, -0.1) is 0 Å². The average molecular weight is 219 g/mol. The summed E-state index contributed by atoms with van der Waals surface area (Å²) < 4.78 is 18.8. The molecule has 0 spiro atoms. The third-order valence-corrected chi connectivity index (χ3v) is 3.21. The Hall–Kier alpha value is -1.35. The molecule has 0 bridgehead atoms. The third-order valence-electron chi connectivity index (χ3n) is 3.21. The highest BCUT2D eigenvalue weighted by molar-refractivity contribution is 5.78. The highest BCUT2D eigenvalue weighted by atomic mass is 19.1. The van der Waals surface area contributed by atoms with Crippen LogP contribution in [0.1, 0.15) is 24.6 Å². The summed E-state index contributed by atoms with van der Waals surface area (Å²) in [5, 5.41) is 4.11. The van der Waals surface area contributed by atoms with Crippen molar-refractivity contribution >= 4 is 11.0 Å². The van der Waals surface area contributed by atoms with Gasteiger partial charge in [0.05, 0.1) is 6.04 Å². The summed E-state index contributed by atoms with van der Waals surface area (Å²) in [6.45, 7) is 0. The first-order chi connectivity index (χ1) is 7.78. The first-order valence-electron chi connectivity index (χ1n) is 5.64. The van der Waals surface area contributed by atoms with Crippen LogP contribution in [0.15, 0.2) is 28.7 Å². The van der Waals surface area contributed by atoms with Gasteiger partial charge in [-0.2, -0.15) is 0 Å². The van der Waals surface area contributed by atoms with E-state index in [2.05, 4.69) is 5.32 Å². The average Bonchev–Trinajstić information content (AvgIpc) is 2.99. The number of rotatable bonds is 3. The first kappa shape index (κ1) is 9.85. The quantitative estimate of drug-likeness (QED) is 0.857. The van der Waals surface area contributed by atoms with E-state index in [1.54, 1.807) is 6.07 Å². The molecular formula is C13H14FNO. The maximum Gasteiger partial charge on any atom is 0.134 e. The number of furan rings is 1. The van der Waals surface area contributed by atoms with Crippen LogP contribution in [0, 0.1) is 11.7 Å². The number of fused-ring (bicyclic) bond motifs is 1. The predicted octanol–water partition coefficient (Wildman–Crippen LogP) is 3.24. The fraction of sp³-hybridized carbons (Fsp3) is 0.385. The molecule has 0 aliphatic heterocycles. The maximum atomic E-state index is 13.0. The molecule has 1 fully saturated rings. The van der Waals surface area contributed by atoms with Gasteiger partial charge in [0.15, 0.2) is 0 Å². The Labute approximate surface area is 93.4 Å². The number of nitrogens with one attached hydrogen (secondary N) is 1. The van der Waals surface area contributed by atoms with Gasteiger partial charge >= 0.3 is 0 Å². The van der Waals surface area contributed by atoms with E-state index in [4.69, 9.17) is 4.42 Å². The molecule has 84 valence electrons. The van der Waals surface area contributed by atoms with Gasteiger partial charge < -0.3 is 9.73 Å². The fourth-order valence-corrected chi connectivity index (χ4v) is 2.23. The molecule has 2 aromatic rings. The van der Waals surface area contributed by atoms with Crippen molar-refractivity contribution in [2.24, 2.45) is 5.92 Å². The van der Waals surface area contributed by atoms with Crippen molar-refractivity contribution in [3.05, 3.63) is 35.8 Å². The molecule has 16 heavy (non-hydrogen) atoms. The smallest absolute Gasteiger partial charge is 0.134 e. The zero-order valence-electron chi connectivity index (χ0n) is 9.16. The monoisotopic (exact) mass is 219 g/mol. The minimum absolute atomic E-state index is 0.215. The molecular weight excluding hydrogens is 205 g/mol. The molecule has 2 nitrogen and oxygen atoms in total. The number of hydrogen-bond donors (Lipinski definition) is 1. The first-order valence-corrected chi connectivity index (χ1v) is 5.64. The van der Waals surface area contributed by atoms with Crippen LogP contribution in [0.4, 0.5) is 4.39 Å². The second-order valence-corrected chi connectivity index (χ2v) is 4.43. The fourth-order valence-electron chi connectivity index (χ4n) is 2.23. The van der Waals surface area contributed by atoms with Crippen LogP contribution in [0.5, 0.6) is 0 Å². The lowest BCUT2D eigenvalue weighted by molar-refractivity contribution is 0.419. The van der Waals surface area contributed by atoms with Crippen molar-refractivity contribution in [1.29, 1.82) is 0 Å². The maximum absolute atomic E-state index is 13.0. The molecule has 1 heterocycles. The van der Waals surface area contributed by atoms with Crippen LogP contribution < -0.4 is 5.32 Å². The molecule has 1 saturated carbocycles. The van der Waals surface area contributed by atoms with Gasteiger partial charge in [0, 0.05) is 5.39 Å². The van der Waals surface area contributed by atoms with Crippen molar-refractivity contribution in [3.8, 4) is 0 Å². The minimum Gasteiger partial charge on any atom is -0.459 e. The van der Waals surface area contributed by atoms with Crippen LogP contribution in [0.2, 0.25) is 0 Å². The lowest BCUT2D eigenvalue weighted by atomic mass is 10.1. The minimum atomic E-state index is -0.215. The Morgan fingerprint density at radius 1 is 1.38 bits per heavy atom. The van der Waals surface area contributed by atoms with Gasteiger partial charge in [-0.3, -0.25) is 0 Å². The molecule has 3 heteroatoms. The number of hydrogen-bond acceptors (Lipinski definition) is 2. The van der Waals surface area contributed by atoms with E-state index in [0.29, 0.717) is 5.92 Å². The summed E-state index contributed by atoms with van der Waals surface area (Å²) >= 11 is 0. The van der Waals surface area contributed by atoms with Gasteiger partial charge in [0.1, 0.15) is 17.2 Å². The van der Waals surface area contributed by atoms with E-state index in [1.807, 2.05) is 13.1 Å². The summed E-state index contributed by atoms with van der Waals surface area (Å²) in [6.07, 6.45) is 2.49. The van der Waals surface area contributed by atoms with Crippen molar-refractivity contribution in [3.63, 3.8) is 0 Å². The number of benzene rings is 1. The molecule has 1 aliphatic carbocycles. The zero-order valence-corrected chi connectivity index (χ0v) is 9.16. The predicted molar refractivity (Wildman–Crippen MR) is 60.7 cm³/mol. The van der Waals surface area contributed by atoms with Crippen molar-refractivity contribution in [2.75, 3.05) is 7.05 Å². The molecule has 1 aromatic heterocycles. The van der Waals surface area contributed by atoms with Crippen LogP contribution in [-0.2, 0) is 0 Å². The van der Waals surface area contributed by atoms with Gasteiger partial charge in [-0.05, 0) is 50.1 Å². The molecule has 0 amide bonds. The highest BCUT2D eigenvalue weighted by Crippen LogP contribution is 2.42. The van der Waals surface area contributed by atoms with E-state index < -0.39 is 0 Å². The topological polar surface area (TPSA) is 25.2 Å². The Morgan fingerprint density at radius 3 is 2.88 bits per heavy atom. The van der Waals surface area contributed by atoms with Gasteiger partial charge in [0.2, 0.25) is 0 Å². The SMILES string of the molecule is CNC(c1cc2cc(F)ccc2o1)C1CC1. The van der Waals surface area contributed by atoms with Gasteiger partial charge in [-0.1, -0.05) is 0 Å². The number of halogens is 1. The third kappa shape index (κ3) is 1.61. The summed E-state index contributed by atoms with van der Waals surface area (Å²) in [4.78, 5) is 0. The molecule has 1 atom stereocenters. The molecule has 1 aromatic carbocycles. The van der Waals surface area contributed by atoms with Crippen LogP contribution in [0.3, 0.4) is 0 Å². The molecule has 0 saturated heterocycles. The van der Waals surface area contributed by atoms with Crippen LogP contribution in [-0.4, -0.2) is 7.05 Å². The molecule has 1 unspecified atom stereocenters. The summed E-state index contributed by atoms with van der Waals surface area (Å²) in [5.74, 6) is 1.38. The lowest BCUT2D eigenvalue weighted by Crippen LogP contribution is -2.17. The summed E-state index contributed by atoms with van der Waals surface area (Å²) in [5.41, 5.74) is 0.761. The second kappa shape index (κ2) is 3.59. The normalized spacial score (nSPS) is 17.9. The van der Waals surface area contributed by atoms with Gasteiger partial charge in [0.25, 0.3) is 0 Å². The Kier molecular flexibility index (Phi) is 2.21. The van der Waals surface area contributed by atoms with Crippen molar-refractivity contribution < 1.29 is 8.81 Å². The molecule has 1 N–H and O–H groups in total. The van der Waals surface area contributed by atoms with Crippen molar-refractivity contribution in [1.82, 2.24) is 5.32 Å². The Morgan fingerprint density at radius 2 is 2.19 bits per heavy atom. The molecule has 3 rings (SSSR count). The molecule has 0 radical (unpaired) electrons. The van der Waals surface area contributed by atoms with E-state index in [-0.39, 0.29) is 11.9 Å². The summed E-state index contributed by atoms with van der Waals surface area (Å²) in [7, 11) is 1.94. The van der Waals surface area contributed by atoms with E-state index in [1.165, 1.54) is 25.0 Å². The van der Waals surface area contributed by atoms with Crippen LogP contribution in [0.25, 0.3) is 11.0 Å². The van der Waals surface area contributed by atoms with Gasteiger partial charge in [-0.25, -0.2) is 4.39 Å². The van der Waals surface area contributed by atoms with E-state index >= 15 is 0 Å². The standard InChI is InChI=1S/C13H14FNO/c1-15-13(8-2-3-8)12-7-9-6-10(14)4-5-11(9)16-12/h4-8,13,15H,2-3H2,1H3. The summed E-state index contributed by atoms with van der Waals surface area (Å²) in [6, 6.07) is 6.85. The second-order valence-electron chi connectivity index (χ2n) is 4.43. The zero-order chi connectivity index (χ0) is 11.1. The van der Waals surface area contributed by atoms with E-state index in [9.17, 15) is 4.39 Å².